The molecule has 3 amide bonds. The molecule has 4 N–H and O–H groups in total. The van der Waals surface area contributed by atoms with E-state index in [0.29, 0.717) is 18.6 Å². The topological polar surface area (TPSA) is 184 Å². The van der Waals surface area contributed by atoms with Crippen LogP contribution in [0.3, 0.4) is 0 Å². The number of carbonyl (C=O) groups is 4. The van der Waals surface area contributed by atoms with E-state index in [0.717, 1.165) is 132 Å². The number of hydrogen-bond donors (Lipinski definition) is 4. The third-order valence-electron chi connectivity index (χ3n) is 13.2. The Bertz CT molecular complexity index is 2500. The lowest BCUT2D eigenvalue weighted by molar-refractivity contribution is -0.144. The average Bonchev–Trinajstić information content (AvgIpc) is 4.10. The molecule has 0 radical (unpaired) electrons. The molecule has 2 aliphatic rings. The molecule has 0 spiro atoms. The third-order valence-corrected chi connectivity index (χ3v) is 14.2. The highest BCUT2D eigenvalue weighted by Crippen LogP contribution is 2.39. The fraction of sp³-hybridized carbons (Fsp3) is 0.491. The molecule has 14 heteroatoms. The van der Waals surface area contributed by atoms with Crippen molar-refractivity contribution < 1.29 is 34.1 Å². The number of aromatic nitrogens is 3. The second-order valence-electron chi connectivity index (χ2n) is 19.4. The van der Waals surface area contributed by atoms with Gasteiger partial charge in [0.05, 0.1) is 45.6 Å². The number of ether oxygens (including phenoxy) is 1. The van der Waals surface area contributed by atoms with E-state index in [-0.39, 0.29) is 43.1 Å². The predicted molar refractivity (Wildman–Crippen MR) is 262 cm³/mol. The summed E-state index contributed by atoms with van der Waals surface area (Å²) in [5.41, 5.74) is 7.90. The number of rotatable bonds is 21. The van der Waals surface area contributed by atoms with E-state index in [1.807, 2.05) is 87.8 Å². The number of thiazole rings is 1. The molecule has 356 valence electrons. The minimum absolute atomic E-state index is 0.0357. The first-order chi connectivity index (χ1) is 32.3. The van der Waals surface area contributed by atoms with Crippen molar-refractivity contribution in [1.29, 1.82) is 0 Å². The number of aliphatic hydroxyl groups is 1. The Labute approximate surface area is 398 Å². The van der Waals surface area contributed by atoms with Gasteiger partial charge in [-0.15, -0.1) is 11.3 Å². The van der Waals surface area contributed by atoms with Crippen molar-refractivity contribution in [2.24, 2.45) is 5.41 Å². The van der Waals surface area contributed by atoms with E-state index >= 15 is 0 Å². The maximum atomic E-state index is 14.0. The number of benzene rings is 3. The first-order valence-electron chi connectivity index (χ1n) is 24.1. The van der Waals surface area contributed by atoms with Gasteiger partial charge in [0.25, 0.3) is 0 Å². The van der Waals surface area contributed by atoms with Crippen molar-refractivity contribution in [2.75, 3.05) is 13.2 Å². The minimum Gasteiger partial charge on any atom is -0.494 e. The van der Waals surface area contributed by atoms with Crippen LogP contribution >= 0.6 is 11.3 Å². The van der Waals surface area contributed by atoms with Gasteiger partial charge in [-0.05, 0) is 84.9 Å². The third kappa shape index (κ3) is 12.8. The highest BCUT2D eigenvalue weighted by Gasteiger charge is 2.44. The molecule has 3 atom stereocenters. The molecule has 1 aliphatic heterocycles. The van der Waals surface area contributed by atoms with Gasteiger partial charge < -0.3 is 30.5 Å². The van der Waals surface area contributed by atoms with E-state index in [4.69, 9.17) is 4.74 Å². The molecule has 1 saturated heterocycles. The SMILES string of the molecule is Cc1ncsc1-c1ccc(CNC(=O)[C@@H]2C[C@@H](O)CN2C(=O)C(NC(=O)CCCCCCCCCCOc2ccc3c(-c4ccc(C(=O)O)c(C5CCCC5)c4)ncnc3c2)C(C)(C)C)cc1. The fourth-order valence-electron chi connectivity index (χ4n) is 9.49. The number of aryl methyl sites for hydroxylation is 1. The lowest BCUT2D eigenvalue weighted by Crippen LogP contribution is -2.57. The van der Waals surface area contributed by atoms with Crippen LogP contribution in [0.1, 0.15) is 144 Å². The molecule has 2 aromatic heterocycles. The first kappa shape index (κ1) is 49.2. The van der Waals surface area contributed by atoms with Crippen LogP contribution in [0.15, 0.2) is 72.5 Å². The van der Waals surface area contributed by atoms with Crippen molar-refractivity contribution in [3.63, 3.8) is 0 Å². The zero-order valence-corrected chi connectivity index (χ0v) is 40.2. The maximum Gasteiger partial charge on any atom is 0.335 e. The molecule has 1 unspecified atom stereocenters. The van der Waals surface area contributed by atoms with Crippen LogP contribution in [0.25, 0.3) is 32.6 Å². The highest BCUT2D eigenvalue weighted by atomic mass is 32.1. The summed E-state index contributed by atoms with van der Waals surface area (Å²) in [6.45, 7) is 8.60. The number of aromatic carboxylic acids is 1. The van der Waals surface area contributed by atoms with Gasteiger partial charge in [0.15, 0.2) is 0 Å². The predicted octanol–water partition coefficient (Wildman–Crippen LogP) is 9.78. The summed E-state index contributed by atoms with van der Waals surface area (Å²) in [7, 11) is 0. The number of fused-ring (bicyclic) bond motifs is 1. The van der Waals surface area contributed by atoms with Crippen LogP contribution in [0.5, 0.6) is 5.75 Å². The molecule has 13 nitrogen and oxygen atoms in total. The van der Waals surface area contributed by atoms with E-state index in [1.165, 1.54) is 4.90 Å². The number of β-amino-alcohol motifs (C(OH)–C–C–N with tert-alkyl or cyclic N) is 1. The number of carbonyl (C=O) groups excluding carboxylic acids is 3. The number of hydrogen-bond acceptors (Lipinski definition) is 10. The largest absolute Gasteiger partial charge is 0.494 e. The zero-order chi connectivity index (χ0) is 47.5. The average molecular weight is 931 g/mol. The quantitative estimate of drug-likeness (QED) is 0.0517. The number of nitrogens with one attached hydrogen (secondary N) is 2. The minimum atomic E-state index is -0.890. The molecule has 3 heterocycles. The second-order valence-corrected chi connectivity index (χ2v) is 20.2. The zero-order valence-electron chi connectivity index (χ0n) is 39.4. The Morgan fingerprint density at radius 2 is 1.57 bits per heavy atom. The van der Waals surface area contributed by atoms with Crippen LogP contribution in [0.2, 0.25) is 0 Å². The number of nitrogens with zero attached hydrogens (tertiary/aromatic N) is 4. The Kier molecular flexibility index (Phi) is 16.8. The van der Waals surface area contributed by atoms with Gasteiger partial charge >= 0.3 is 5.97 Å². The Morgan fingerprint density at radius 3 is 2.25 bits per heavy atom. The standard InChI is InChI=1S/C53H66N6O7S/c1-34-48(67-33-57-34)37-20-18-35(19-21-37)30-54-50(62)45-28-39(60)31-59(45)51(63)49(53(2,3)4)58-46(61)17-11-9-7-5-6-8-10-14-26-66-40-23-25-42-44(29-40)55-32-56-47(42)38-22-24-41(52(64)65)43(27-38)36-15-12-13-16-36/h18-25,27,29,32-33,36,39,45,49,60H,5-17,26,28,30-31H2,1-4H3,(H,54,62)(H,58,61)(H,64,65)/t39-,45+,49?/m1/s1. The van der Waals surface area contributed by atoms with Crippen LogP contribution in [0.4, 0.5) is 0 Å². The summed E-state index contributed by atoms with van der Waals surface area (Å²) in [6.07, 6.45) is 13.4. The highest BCUT2D eigenvalue weighted by molar-refractivity contribution is 7.13. The van der Waals surface area contributed by atoms with Crippen LogP contribution in [-0.4, -0.2) is 85.1 Å². The van der Waals surface area contributed by atoms with Crippen LogP contribution in [-0.2, 0) is 20.9 Å². The molecule has 2 fully saturated rings. The summed E-state index contributed by atoms with van der Waals surface area (Å²) in [5.74, 6) is -0.750. The summed E-state index contributed by atoms with van der Waals surface area (Å²) in [5, 5.41) is 27.3. The summed E-state index contributed by atoms with van der Waals surface area (Å²) < 4.78 is 6.11. The van der Waals surface area contributed by atoms with Gasteiger partial charge in [0, 0.05) is 42.9 Å². The normalized spacial score (nSPS) is 16.9. The summed E-state index contributed by atoms with van der Waals surface area (Å²) in [4.78, 5) is 68.6. The van der Waals surface area contributed by atoms with Crippen LogP contribution < -0.4 is 15.4 Å². The van der Waals surface area contributed by atoms with Gasteiger partial charge in [0.2, 0.25) is 17.7 Å². The second kappa shape index (κ2) is 22.8. The first-order valence-corrected chi connectivity index (χ1v) is 24.9. The number of unbranched alkanes of at least 4 members (excludes halogenated alkanes) is 7. The maximum absolute atomic E-state index is 14.0. The van der Waals surface area contributed by atoms with E-state index in [2.05, 4.69) is 25.6 Å². The molecular weight excluding hydrogens is 865 g/mol. The number of carboxylic acids is 1. The molecule has 1 aliphatic carbocycles. The van der Waals surface area contributed by atoms with Gasteiger partial charge in [-0.25, -0.2) is 19.7 Å². The summed E-state index contributed by atoms with van der Waals surface area (Å²) in [6, 6.07) is 17.7. The lowest BCUT2D eigenvalue weighted by atomic mass is 9.85. The number of carboxylic acid groups (broad SMARTS) is 1. The monoisotopic (exact) mass is 930 g/mol. The van der Waals surface area contributed by atoms with Gasteiger partial charge in [-0.2, -0.15) is 0 Å². The van der Waals surface area contributed by atoms with Gasteiger partial charge in [-0.3, -0.25) is 14.4 Å². The van der Waals surface area contributed by atoms with Gasteiger partial charge in [-0.1, -0.05) is 102 Å². The molecule has 3 aromatic carbocycles. The molecule has 67 heavy (non-hydrogen) atoms. The number of likely N-dealkylation sites (tertiary alicyclic amines) is 1. The number of amides is 3. The lowest BCUT2D eigenvalue weighted by Gasteiger charge is -2.35. The van der Waals surface area contributed by atoms with Crippen LogP contribution in [0, 0.1) is 12.3 Å². The van der Waals surface area contributed by atoms with Crippen molar-refractivity contribution in [3.05, 3.63) is 94.9 Å². The Morgan fingerprint density at radius 1 is 0.866 bits per heavy atom. The fourth-order valence-corrected chi connectivity index (χ4v) is 10.3. The van der Waals surface area contributed by atoms with Crippen molar-refractivity contribution in [2.45, 2.75) is 148 Å². The molecule has 7 rings (SSSR count). The molecule has 0 bridgehead atoms. The molecule has 5 aromatic rings. The van der Waals surface area contributed by atoms with Gasteiger partial charge in [0.1, 0.15) is 24.2 Å². The van der Waals surface area contributed by atoms with E-state index < -0.39 is 29.6 Å². The molecule has 1 saturated carbocycles. The Hall–Kier alpha value is -5.73. The van der Waals surface area contributed by atoms with E-state index in [9.17, 15) is 29.4 Å². The van der Waals surface area contributed by atoms with E-state index in [1.54, 1.807) is 23.7 Å². The van der Waals surface area contributed by atoms with Crippen molar-refractivity contribution in [1.82, 2.24) is 30.5 Å². The Balaban J connectivity index is 0.785. The van der Waals surface area contributed by atoms with Crippen molar-refractivity contribution >= 4 is 45.9 Å². The van der Waals surface area contributed by atoms with Crippen molar-refractivity contribution in [3.8, 4) is 27.4 Å². The number of aliphatic hydroxyl groups excluding tert-OH is 1. The summed E-state index contributed by atoms with van der Waals surface area (Å²) >= 11 is 1.58. The smallest absolute Gasteiger partial charge is 0.335 e. The molecular formula is C53H66N6O7S.